The average molecular weight is 921 g/mol. The molecule has 0 aliphatic heterocycles. The van der Waals surface area contributed by atoms with Crippen LogP contribution in [-0.4, -0.2) is 20.8 Å². The van der Waals surface area contributed by atoms with Gasteiger partial charge < -0.3 is 18.7 Å². The molecule has 9 heteroatoms. The first kappa shape index (κ1) is 34.7. The number of aromatic hydroxyl groups is 1. The van der Waals surface area contributed by atoms with E-state index in [2.05, 4.69) is 62.4 Å². The zero-order chi connectivity index (χ0) is 39.2. The minimum absolute atomic E-state index is 0. The number of hydrogen-bond acceptors (Lipinski definition) is 6. The predicted molar refractivity (Wildman–Crippen MR) is 231 cm³/mol. The zero-order valence-corrected chi connectivity index (χ0v) is 35.3. The molecule has 0 bridgehead atoms. The minimum atomic E-state index is -0.183. The Morgan fingerprint density at radius 2 is 1.11 bits per heavy atom. The van der Waals surface area contributed by atoms with Crippen LogP contribution in [-0.2, 0) is 21.1 Å². The van der Waals surface area contributed by atoms with E-state index in [1.807, 2.05) is 38.1 Å². The largest absolute Gasteiger partial charge is 0.663 e. The first-order valence-corrected chi connectivity index (χ1v) is 19.2. The molecule has 0 spiro atoms. The van der Waals surface area contributed by atoms with Crippen LogP contribution in [0.1, 0.15) is 32.3 Å². The van der Waals surface area contributed by atoms with Crippen LogP contribution in [0.15, 0.2) is 106 Å². The Balaban J connectivity index is 0.000000157. The summed E-state index contributed by atoms with van der Waals surface area (Å²) in [5.41, 5.74) is 8.34. The number of fused-ring (bicyclic) bond motifs is 8. The Hall–Kier alpha value is -4.74. The van der Waals surface area contributed by atoms with Gasteiger partial charge in [-0.2, -0.15) is 13.5 Å². The molecule has 0 fully saturated rings. The zero-order valence-electron chi connectivity index (χ0n) is 32.7. The molecule has 4 nitrogen and oxygen atoms in total. The van der Waals surface area contributed by atoms with Crippen molar-refractivity contribution in [2.45, 2.75) is 34.6 Å². The second-order valence-electron chi connectivity index (χ2n) is 13.5. The number of phenols is 1. The van der Waals surface area contributed by atoms with Gasteiger partial charge in [-0.25, -0.2) is 0 Å². The molecule has 0 saturated heterocycles. The molecular formula is C46H33B2O4S2W-. The van der Waals surface area contributed by atoms with Crippen molar-refractivity contribution in [2.75, 3.05) is 0 Å². The standard InChI is InChI=1S/C24H18BO2S.C22H15BO2S.W/c1-4-26-18-10-9-15(11-17(18)25)23-22-13(2)14(3)27-19(22)12-21-24(23)16-7-5-6-8-20(16)28-21;1-11-12(2)25-17-10-19-22(14-5-3-4-6-18(14)26-19)21(20(11)17)13-7-8-16(24)15(23)9-13;/h4-12H,1-3H3;3-10,24H,1-2H3;/q-1;;/i10D;8D;. The van der Waals surface area contributed by atoms with Gasteiger partial charge >= 0.3 is 0 Å². The maximum atomic E-state index is 9.97. The number of thiophene rings is 2. The minimum Gasteiger partial charge on any atom is -0.663 e. The average Bonchev–Trinajstić information content (AvgIpc) is 3.90. The van der Waals surface area contributed by atoms with Crippen molar-refractivity contribution in [1.82, 2.24) is 0 Å². The first-order chi connectivity index (χ1) is 26.9. The van der Waals surface area contributed by atoms with Crippen LogP contribution >= 0.6 is 22.7 Å². The summed E-state index contributed by atoms with van der Waals surface area (Å²) in [5.74, 6) is 1.99. The maximum Gasteiger partial charge on any atom is 0.136 e. The van der Waals surface area contributed by atoms with E-state index in [0.717, 1.165) is 81.6 Å². The summed E-state index contributed by atoms with van der Waals surface area (Å²) in [6.07, 6.45) is 0. The molecule has 55 heavy (non-hydrogen) atoms. The molecular weight excluding hydrogens is 886 g/mol. The van der Waals surface area contributed by atoms with Crippen LogP contribution < -0.4 is 15.7 Å². The molecule has 0 amide bonds. The quantitative estimate of drug-likeness (QED) is 0.141. The van der Waals surface area contributed by atoms with Gasteiger partial charge in [0.25, 0.3) is 0 Å². The smallest absolute Gasteiger partial charge is 0.136 e. The molecule has 0 saturated carbocycles. The van der Waals surface area contributed by atoms with Gasteiger partial charge in [0.1, 0.15) is 44.1 Å². The SMILES string of the molecule is [2H]c1cc(-c2c3c(C)c(C)oc3cc3sc4ccccc4c23)cc([B])c1O.[2H]c1cc(-c2c3c(C)c(C)oc3cc3sc4ccccc4c23)cc([B])c1O[CH-]C.[W]. The van der Waals surface area contributed by atoms with Gasteiger partial charge in [-0.05, 0) is 86.3 Å². The van der Waals surface area contributed by atoms with Crippen molar-refractivity contribution in [3.05, 3.63) is 126 Å². The second-order valence-corrected chi connectivity index (χ2v) is 15.6. The Morgan fingerprint density at radius 1 is 0.636 bits per heavy atom. The van der Waals surface area contributed by atoms with Crippen LogP contribution in [0.3, 0.4) is 0 Å². The number of aryl methyl sites for hydroxylation is 4. The van der Waals surface area contributed by atoms with E-state index in [0.29, 0.717) is 11.2 Å². The molecule has 6 aromatic carbocycles. The van der Waals surface area contributed by atoms with Gasteiger partial charge in [-0.1, -0.05) is 71.6 Å². The van der Waals surface area contributed by atoms with E-state index in [4.69, 9.17) is 32.0 Å². The molecule has 4 radical (unpaired) electrons. The normalized spacial score (nSPS) is 12.0. The molecule has 266 valence electrons. The fourth-order valence-corrected chi connectivity index (χ4v) is 9.85. The van der Waals surface area contributed by atoms with Gasteiger partial charge in [0.05, 0.1) is 8.49 Å². The van der Waals surface area contributed by atoms with Gasteiger partial charge in [0.15, 0.2) is 0 Å². The molecule has 4 aromatic heterocycles. The maximum absolute atomic E-state index is 9.97. The summed E-state index contributed by atoms with van der Waals surface area (Å²) in [6.45, 7) is 11.4. The van der Waals surface area contributed by atoms with Crippen molar-refractivity contribution in [1.29, 1.82) is 0 Å². The summed E-state index contributed by atoms with van der Waals surface area (Å²) in [5, 5.41) is 16.8. The van der Waals surface area contributed by atoms with E-state index < -0.39 is 0 Å². The monoisotopic (exact) mass is 921 g/mol. The van der Waals surface area contributed by atoms with Gasteiger partial charge in [-0.3, -0.25) is 0 Å². The molecule has 0 unspecified atom stereocenters. The number of ether oxygens (including phenoxy) is 1. The third-order valence-electron chi connectivity index (χ3n) is 10.3. The third kappa shape index (κ3) is 6.10. The Kier molecular flexibility index (Phi) is 9.09. The summed E-state index contributed by atoms with van der Waals surface area (Å²) < 4.78 is 38.9. The summed E-state index contributed by atoms with van der Waals surface area (Å²) in [7, 11) is 12.3. The number of phenolic OH excluding ortho intramolecular Hbond substituents is 1. The van der Waals surface area contributed by atoms with E-state index in [1.54, 1.807) is 41.7 Å². The van der Waals surface area contributed by atoms with E-state index in [9.17, 15) is 5.11 Å². The van der Waals surface area contributed by atoms with Gasteiger partial charge in [-0.15, -0.1) is 22.7 Å². The predicted octanol–water partition coefficient (Wildman–Crippen LogP) is 12.0. The molecule has 0 atom stereocenters. The number of furan rings is 2. The number of benzene rings is 6. The van der Waals surface area contributed by atoms with E-state index in [-0.39, 0.29) is 44.4 Å². The van der Waals surface area contributed by atoms with Crippen molar-refractivity contribution in [3.63, 3.8) is 0 Å². The van der Waals surface area contributed by atoms with Crippen LogP contribution in [0.5, 0.6) is 11.5 Å². The van der Waals surface area contributed by atoms with Gasteiger partial charge in [0, 0.05) is 83.3 Å². The van der Waals surface area contributed by atoms with Crippen LogP contribution in [0.4, 0.5) is 0 Å². The summed E-state index contributed by atoms with van der Waals surface area (Å²) in [6, 6.07) is 28.4. The Morgan fingerprint density at radius 3 is 1.58 bits per heavy atom. The number of rotatable bonds is 4. The van der Waals surface area contributed by atoms with Crippen molar-refractivity contribution in [2.24, 2.45) is 0 Å². The fraction of sp³-hybridized carbons (Fsp3) is 0.109. The van der Waals surface area contributed by atoms with Crippen LogP contribution in [0, 0.1) is 34.3 Å². The van der Waals surface area contributed by atoms with Crippen LogP contribution in [0.2, 0.25) is 0 Å². The molecule has 0 aliphatic rings. The topological polar surface area (TPSA) is 55.7 Å². The summed E-state index contributed by atoms with van der Waals surface area (Å²) >= 11 is 3.48. The van der Waals surface area contributed by atoms with Gasteiger partial charge in [0.2, 0.25) is 0 Å². The Labute approximate surface area is 346 Å². The van der Waals surface area contributed by atoms with Crippen molar-refractivity contribution < 1.29 is 42.5 Å². The first-order valence-electron chi connectivity index (χ1n) is 18.6. The van der Waals surface area contributed by atoms with Crippen molar-refractivity contribution in [3.8, 4) is 33.8 Å². The molecule has 10 rings (SSSR count). The molecule has 4 heterocycles. The molecule has 0 aliphatic carbocycles. The summed E-state index contributed by atoms with van der Waals surface area (Å²) in [4.78, 5) is 0. The van der Waals surface area contributed by atoms with Crippen molar-refractivity contribution >= 4 is 112 Å². The Bertz CT molecular complexity index is 3190. The second kappa shape index (κ2) is 14.4. The van der Waals surface area contributed by atoms with E-state index in [1.165, 1.54) is 32.2 Å². The molecule has 1 N–H and O–H groups in total. The third-order valence-corrected chi connectivity index (χ3v) is 12.5. The molecule has 10 aromatic rings. The fourth-order valence-electron chi connectivity index (χ4n) is 7.56. The van der Waals surface area contributed by atoms with Crippen LogP contribution in [0.25, 0.3) is 84.5 Å². The number of hydrogen-bond donors (Lipinski definition) is 1. The van der Waals surface area contributed by atoms with E-state index >= 15 is 0 Å².